The van der Waals surface area contributed by atoms with Crippen molar-refractivity contribution in [3.8, 4) is 11.5 Å². The summed E-state index contributed by atoms with van der Waals surface area (Å²) in [4.78, 5) is 18.1. The van der Waals surface area contributed by atoms with E-state index in [2.05, 4.69) is 15.1 Å². The molecule has 2 aromatic rings. The van der Waals surface area contributed by atoms with Crippen LogP contribution < -0.4 is 14.8 Å². The molecule has 0 unspecified atom stereocenters. The predicted molar refractivity (Wildman–Crippen MR) is 118 cm³/mol. The standard InChI is InChI=1S/C22H29N3O3S/c1-27-18-7-9-19(10-8-18)28-16-15-24-11-13-25(14-12-24)17-22(26)23-20-5-3-4-6-21(20)29-2/h3-10H,11-17H2,1-2H3,(H,23,26). The first-order valence-electron chi connectivity index (χ1n) is 9.82. The molecule has 29 heavy (non-hydrogen) atoms. The molecule has 1 aliphatic heterocycles. The molecule has 0 aromatic heterocycles. The number of hydrogen-bond acceptors (Lipinski definition) is 6. The Hall–Kier alpha value is -2.22. The molecule has 0 atom stereocenters. The molecule has 1 fully saturated rings. The van der Waals surface area contributed by atoms with Gasteiger partial charge in [0.2, 0.25) is 5.91 Å². The van der Waals surface area contributed by atoms with Crippen LogP contribution in [-0.4, -0.2) is 74.9 Å². The largest absolute Gasteiger partial charge is 0.497 e. The molecule has 0 bridgehead atoms. The average molecular weight is 416 g/mol. The van der Waals surface area contributed by atoms with Gasteiger partial charge in [-0.2, -0.15) is 0 Å². The fraction of sp³-hybridized carbons (Fsp3) is 0.409. The zero-order chi connectivity index (χ0) is 20.5. The minimum atomic E-state index is 0.0442. The van der Waals surface area contributed by atoms with E-state index in [0.717, 1.165) is 54.8 Å². The van der Waals surface area contributed by atoms with Crippen LogP contribution in [0.1, 0.15) is 0 Å². The zero-order valence-corrected chi connectivity index (χ0v) is 17.9. The van der Waals surface area contributed by atoms with Crippen molar-refractivity contribution in [2.24, 2.45) is 0 Å². The van der Waals surface area contributed by atoms with Crippen LogP contribution in [-0.2, 0) is 4.79 Å². The van der Waals surface area contributed by atoms with Crippen LogP contribution in [0.2, 0.25) is 0 Å². The summed E-state index contributed by atoms with van der Waals surface area (Å²) >= 11 is 1.64. The van der Waals surface area contributed by atoms with Crippen molar-refractivity contribution in [2.45, 2.75) is 4.90 Å². The second-order valence-corrected chi connectivity index (χ2v) is 7.74. The maximum absolute atomic E-state index is 12.4. The molecule has 7 heteroatoms. The third-order valence-corrected chi connectivity index (χ3v) is 5.74. The van der Waals surface area contributed by atoms with E-state index >= 15 is 0 Å². The molecule has 1 N–H and O–H groups in total. The minimum Gasteiger partial charge on any atom is -0.497 e. The first kappa shape index (κ1) is 21.5. The van der Waals surface area contributed by atoms with Gasteiger partial charge in [-0.3, -0.25) is 14.6 Å². The maximum Gasteiger partial charge on any atom is 0.238 e. The number of thioether (sulfide) groups is 1. The second-order valence-electron chi connectivity index (χ2n) is 6.89. The van der Waals surface area contributed by atoms with Gasteiger partial charge in [-0.25, -0.2) is 0 Å². The van der Waals surface area contributed by atoms with Crippen LogP contribution in [0.25, 0.3) is 0 Å². The van der Waals surface area contributed by atoms with E-state index in [0.29, 0.717) is 13.2 Å². The summed E-state index contributed by atoms with van der Waals surface area (Å²) in [6.07, 6.45) is 2.02. The van der Waals surface area contributed by atoms with Crippen molar-refractivity contribution in [3.63, 3.8) is 0 Å². The van der Waals surface area contributed by atoms with Gasteiger partial charge in [0.25, 0.3) is 0 Å². The lowest BCUT2D eigenvalue weighted by Crippen LogP contribution is -2.49. The summed E-state index contributed by atoms with van der Waals surface area (Å²) in [6.45, 7) is 5.63. The number of para-hydroxylation sites is 1. The van der Waals surface area contributed by atoms with E-state index in [-0.39, 0.29) is 5.91 Å². The highest BCUT2D eigenvalue weighted by Crippen LogP contribution is 2.24. The number of amides is 1. The lowest BCUT2D eigenvalue weighted by atomic mass is 10.3. The zero-order valence-electron chi connectivity index (χ0n) is 17.1. The Balaban J connectivity index is 1.35. The molecule has 2 aromatic carbocycles. The summed E-state index contributed by atoms with van der Waals surface area (Å²) in [5.41, 5.74) is 0.888. The molecule has 3 rings (SSSR count). The van der Waals surface area contributed by atoms with Crippen molar-refractivity contribution in [1.29, 1.82) is 0 Å². The third kappa shape index (κ3) is 6.66. The van der Waals surface area contributed by atoms with Crippen molar-refractivity contribution in [2.75, 3.05) is 64.6 Å². The van der Waals surface area contributed by atoms with Gasteiger partial charge in [-0.05, 0) is 42.7 Å². The molecule has 6 nitrogen and oxygen atoms in total. The Kier molecular flexibility index (Phi) is 8.22. The molecular formula is C22H29N3O3S. The van der Waals surface area contributed by atoms with Crippen LogP contribution in [0, 0.1) is 0 Å². The number of carbonyl (C=O) groups excluding carboxylic acids is 1. The van der Waals surface area contributed by atoms with Gasteiger partial charge >= 0.3 is 0 Å². The Bertz CT molecular complexity index is 777. The number of rotatable bonds is 9. The van der Waals surface area contributed by atoms with Gasteiger partial charge in [0.1, 0.15) is 18.1 Å². The number of ether oxygens (including phenoxy) is 2. The van der Waals surface area contributed by atoms with E-state index in [9.17, 15) is 4.79 Å². The summed E-state index contributed by atoms with van der Waals surface area (Å²) in [5, 5.41) is 3.04. The molecular weight excluding hydrogens is 386 g/mol. The van der Waals surface area contributed by atoms with Crippen LogP contribution in [0.3, 0.4) is 0 Å². The maximum atomic E-state index is 12.4. The third-order valence-electron chi connectivity index (χ3n) is 4.95. The van der Waals surface area contributed by atoms with Gasteiger partial charge in [0.15, 0.2) is 0 Å². The number of nitrogens with zero attached hydrogens (tertiary/aromatic N) is 2. The van der Waals surface area contributed by atoms with E-state index in [1.807, 2.05) is 54.8 Å². The number of benzene rings is 2. The molecule has 1 heterocycles. The molecule has 156 valence electrons. The highest BCUT2D eigenvalue weighted by Gasteiger charge is 2.19. The molecule has 1 aliphatic rings. The highest BCUT2D eigenvalue weighted by atomic mass is 32.2. The van der Waals surface area contributed by atoms with Gasteiger partial charge in [0.05, 0.1) is 19.3 Å². The summed E-state index contributed by atoms with van der Waals surface area (Å²) in [6, 6.07) is 15.5. The van der Waals surface area contributed by atoms with Crippen LogP contribution in [0.4, 0.5) is 5.69 Å². The van der Waals surface area contributed by atoms with Crippen LogP contribution in [0.15, 0.2) is 53.4 Å². The number of piperazine rings is 1. The number of anilines is 1. The lowest BCUT2D eigenvalue weighted by molar-refractivity contribution is -0.117. The number of hydrogen-bond donors (Lipinski definition) is 1. The molecule has 1 saturated heterocycles. The lowest BCUT2D eigenvalue weighted by Gasteiger charge is -2.34. The summed E-state index contributed by atoms with van der Waals surface area (Å²) < 4.78 is 11.0. The number of methoxy groups -OCH3 is 1. The number of carbonyl (C=O) groups is 1. The fourth-order valence-corrected chi connectivity index (χ4v) is 3.83. The topological polar surface area (TPSA) is 54.0 Å². The Labute approximate surface area is 177 Å². The van der Waals surface area contributed by atoms with E-state index in [4.69, 9.17) is 9.47 Å². The minimum absolute atomic E-state index is 0.0442. The Morgan fingerprint density at radius 1 is 1.00 bits per heavy atom. The summed E-state index contributed by atoms with van der Waals surface area (Å²) in [5.74, 6) is 1.73. The first-order chi connectivity index (χ1) is 14.2. The fourth-order valence-electron chi connectivity index (χ4n) is 3.28. The summed E-state index contributed by atoms with van der Waals surface area (Å²) in [7, 11) is 1.66. The molecule has 0 radical (unpaired) electrons. The van der Waals surface area contributed by atoms with Crippen molar-refractivity contribution >= 4 is 23.4 Å². The first-order valence-corrected chi connectivity index (χ1v) is 11.0. The molecule has 0 aliphatic carbocycles. The van der Waals surface area contributed by atoms with E-state index in [1.54, 1.807) is 18.9 Å². The van der Waals surface area contributed by atoms with Gasteiger partial charge in [-0.1, -0.05) is 12.1 Å². The average Bonchev–Trinajstić information content (AvgIpc) is 2.76. The molecule has 0 saturated carbocycles. The second kappa shape index (κ2) is 11.1. The van der Waals surface area contributed by atoms with Crippen LogP contribution in [0.5, 0.6) is 11.5 Å². The van der Waals surface area contributed by atoms with Crippen LogP contribution >= 0.6 is 11.8 Å². The SMILES string of the molecule is COc1ccc(OCCN2CCN(CC(=O)Nc3ccccc3SC)CC2)cc1. The van der Waals surface area contributed by atoms with E-state index in [1.165, 1.54) is 0 Å². The van der Waals surface area contributed by atoms with Crippen molar-refractivity contribution in [3.05, 3.63) is 48.5 Å². The molecule has 1 amide bonds. The number of nitrogens with one attached hydrogen (secondary N) is 1. The smallest absolute Gasteiger partial charge is 0.238 e. The van der Waals surface area contributed by atoms with Gasteiger partial charge < -0.3 is 14.8 Å². The monoisotopic (exact) mass is 415 g/mol. The van der Waals surface area contributed by atoms with E-state index < -0.39 is 0 Å². The van der Waals surface area contributed by atoms with Gasteiger partial charge in [0, 0.05) is 37.6 Å². The Morgan fingerprint density at radius 2 is 1.66 bits per heavy atom. The quantitative estimate of drug-likeness (QED) is 0.636. The Morgan fingerprint density at radius 3 is 2.34 bits per heavy atom. The predicted octanol–water partition coefficient (Wildman–Crippen LogP) is 3.05. The van der Waals surface area contributed by atoms with Gasteiger partial charge in [-0.15, -0.1) is 11.8 Å². The normalized spacial score (nSPS) is 15.1. The van der Waals surface area contributed by atoms with Crippen molar-refractivity contribution < 1.29 is 14.3 Å². The highest BCUT2D eigenvalue weighted by molar-refractivity contribution is 7.98. The molecule has 0 spiro atoms. The van der Waals surface area contributed by atoms with Crippen molar-refractivity contribution in [1.82, 2.24) is 9.80 Å².